The first-order valence-corrected chi connectivity index (χ1v) is 8.86. The number of amides is 1. The number of ether oxygens (including phenoxy) is 1. The topological polar surface area (TPSA) is 41.6 Å². The number of nitrogens with one attached hydrogen (secondary N) is 1. The van der Waals surface area contributed by atoms with Crippen LogP contribution in [0, 0.1) is 5.92 Å². The van der Waals surface area contributed by atoms with E-state index in [0.29, 0.717) is 41.2 Å². The molecule has 2 rings (SSSR count). The largest absolute Gasteiger partial charge is 0.492 e. The summed E-state index contributed by atoms with van der Waals surface area (Å²) in [4.78, 5) is 14.3. The average molecular weight is 396 g/mol. The first-order valence-electron chi connectivity index (χ1n) is 8.10. The Morgan fingerprint density at radius 1 is 1.42 bits per heavy atom. The van der Waals surface area contributed by atoms with Crippen molar-refractivity contribution >= 4 is 41.5 Å². The van der Waals surface area contributed by atoms with Gasteiger partial charge < -0.3 is 15.0 Å². The number of carbonyl (C=O) groups excluding carboxylic acids is 1. The van der Waals surface area contributed by atoms with Gasteiger partial charge >= 0.3 is 0 Å². The fourth-order valence-electron chi connectivity index (χ4n) is 2.90. The lowest BCUT2D eigenvalue weighted by Crippen LogP contribution is -2.42. The number of rotatable bonds is 7. The number of halogens is 3. The summed E-state index contributed by atoms with van der Waals surface area (Å²) in [6, 6.07) is 5.14. The lowest BCUT2D eigenvalue weighted by atomic mass is 9.97. The highest BCUT2D eigenvalue weighted by atomic mass is 35.5. The fourth-order valence-corrected chi connectivity index (χ4v) is 3.37. The quantitative estimate of drug-likeness (QED) is 0.709. The molecule has 1 aliphatic heterocycles. The molecule has 136 valence electrons. The summed E-state index contributed by atoms with van der Waals surface area (Å²) in [6.45, 7) is 3.19. The van der Waals surface area contributed by atoms with Crippen LogP contribution >= 0.6 is 35.6 Å². The minimum atomic E-state index is 0. The molecule has 0 bridgehead atoms. The fraction of sp³-hybridized carbons (Fsp3) is 0.588. The van der Waals surface area contributed by atoms with Gasteiger partial charge in [0.2, 0.25) is 5.91 Å². The van der Waals surface area contributed by atoms with E-state index in [1.54, 1.807) is 18.2 Å². The number of hydrogen-bond donors (Lipinski definition) is 1. The number of nitrogens with zero attached hydrogens (tertiary/aromatic N) is 1. The Hall–Kier alpha value is -0.680. The van der Waals surface area contributed by atoms with Crippen LogP contribution in [0.4, 0.5) is 0 Å². The number of carbonyl (C=O) groups is 1. The van der Waals surface area contributed by atoms with Crippen LogP contribution in [0.5, 0.6) is 5.75 Å². The summed E-state index contributed by atoms with van der Waals surface area (Å²) < 4.78 is 5.62. The van der Waals surface area contributed by atoms with Crippen molar-refractivity contribution in [3.63, 3.8) is 0 Å². The molecular formula is C17H25Cl3N2O2. The zero-order valence-electron chi connectivity index (χ0n) is 13.9. The molecule has 24 heavy (non-hydrogen) atoms. The Labute approximate surface area is 160 Å². The number of likely N-dealkylation sites (tertiary alicyclic amines) is 1. The van der Waals surface area contributed by atoms with Gasteiger partial charge in [-0.2, -0.15) is 0 Å². The van der Waals surface area contributed by atoms with Crippen molar-refractivity contribution < 1.29 is 9.53 Å². The van der Waals surface area contributed by atoms with E-state index in [2.05, 4.69) is 5.32 Å². The monoisotopic (exact) mass is 394 g/mol. The van der Waals surface area contributed by atoms with E-state index in [9.17, 15) is 4.79 Å². The van der Waals surface area contributed by atoms with E-state index < -0.39 is 0 Å². The van der Waals surface area contributed by atoms with E-state index in [4.69, 9.17) is 27.9 Å². The smallest absolute Gasteiger partial charge is 0.222 e. The minimum Gasteiger partial charge on any atom is -0.492 e. The SMILES string of the molecule is CNCC1CCCN(C(=O)CCCOc2ccc(Cl)cc2Cl)C1.Cl. The predicted molar refractivity (Wildman–Crippen MR) is 102 cm³/mol. The molecule has 1 aromatic rings. The highest BCUT2D eigenvalue weighted by Gasteiger charge is 2.22. The van der Waals surface area contributed by atoms with Gasteiger partial charge in [0.15, 0.2) is 0 Å². The first-order chi connectivity index (χ1) is 11.1. The van der Waals surface area contributed by atoms with Gasteiger partial charge in [-0.3, -0.25) is 4.79 Å². The van der Waals surface area contributed by atoms with Crippen LogP contribution in [0.3, 0.4) is 0 Å². The third-order valence-electron chi connectivity index (χ3n) is 4.05. The molecule has 1 fully saturated rings. The van der Waals surface area contributed by atoms with E-state index in [1.807, 2.05) is 11.9 Å². The van der Waals surface area contributed by atoms with Crippen molar-refractivity contribution in [2.24, 2.45) is 5.92 Å². The average Bonchev–Trinajstić information content (AvgIpc) is 2.53. The molecular weight excluding hydrogens is 371 g/mol. The third kappa shape index (κ3) is 6.67. The summed E-state index contributed by atoms with van der Waals surface area (Å²) in [5.74, 6) is 1.40. The molecule has 1 N–H and O–H groups in total. The van der Waals surface area contributed by atoms with Gasteiger partial charge in [0.05, 0.1) is 11.6 Å². The Morgan fingerprint density at radius 3 is 2.92 bits per heavy atom. The molecule has 0 aliphatic carbocycles. The van der Waals surface area contributed by atoms with Crippen LogP contribution in [0.2, 0.25) is 10.0 Å². The highest BCUT2D eigenvalue weighted by Crippen LogP contribution is 2.27. The molecule has 0 spiro atoms. The van der Waals surface area contributed by atoms with Crippen LogP contribution in [-0.4, -0.2) is 44.1 Å². The molecule has 0 saturated carbocycles. The summed E-state index contributed by atoms with van der Waals surface area (Å²) in [5, 5.41) is 4.27. The molecule has 1 heterocycles. The maximum atomic E-state index is 12.3. The summed E-state index contributed by atoms with van der Waals surface area (Å²) >= 11 is 11.9. The first kappa shape index (κ1) is 21.4. The standard InChI is InChI=1S/C17H24Cl2N2O2.ClH/c1-20-11-13-4-2-8-21(12-13)17(22)5-3-9-23-16-7-6-14(18)10-15(16)19;/h6-7,10,13,20H,2-5,8-9,11-12H2,1H3;1H. The van der Waals surface area contributed by atoms with E-state index in [1.165, 1.54) is 6.42 Å². The third-order valence-corrected chi connectivity index (χ3v) is 4.58. The maximum absolute atomic E-state index is 12.3. The van der Waals surface area contributed by atoms with Crippen LogP contribution in [-0.2, 0) is 4.79 Å². The molecule has 1 unspecified atom stereocenters. The Bertz CT molecular complexity index is 527. The van der Waals surface area contributed by atoms with Crippen molar-refractivity contribution in [1.29, 1.82) is 0 Å². The van der Waals surface area contributed by atoms with Crippen molar-refractivity contribution in [3.8, 4) is 5.75 Å². The summed E-state index contributed by atoms with van der Waals surface area (Å²) in [7, 11) is 1.96. The van der Waals surface area contributed by atoms with Crippen LogP contribution in [0.25, 0.3) is 0 Å². The second-order valence-corrected chi connectivity index (χ2v) is 6.78. The molecule has 1 aliphatic rings. The Morgan fingerprint density at radius 2 is 2.21 bits per heavy atom. The minimum absolute atomic E-state index is 0. The molecule has 1 amide bonds. The number of hydrogen-bond acceptors (Lipinski definition) is 3. The van der Waals surface area contributed by atoms with Gasteiger partial charge in [-0.05, 0) is 57.0 Å². The zero-order valence-corrected chi connectivity index (χ0v) is 16.2. The Kier molecular flexibility index (Phi) is 9.82. The van der Waals surface area contributed by atoms with Gasteiger partial charge in [-0.15, -0.1) is 12.4 Å². The molecule has 0 radical (unpaired) electrons. The molecule has 7 heteroatoms. The number of benzene rings is 1. The highest BCUT2D eigenvalue weighted by molar-refractivity contribution is 6.35. The molecule has 1 saturated heterocycles. The maximum Gasteiger partial charge on any atom is 0.222 e. The summed E-state index contributed by atoms with van der Waals surface area (Å²) in [5.41, 5.74) is 0. The molecule has 0 aromatic heterocycles. The van der Waals surface area contributed by atoms with E-state index in [-0.39, 0.29) is 18.3 Å². The normalized spacial score (nSPS) is 17.3. The van der Waals surface area contributed by atoms with Gasteiger partial charge in [-0.25, -0.2) is 0 Å². The van der Waals surface area contributed by atoms with Crippen molar-refractivity contribution in [1.82, 2.24) is 10.2 Å². The predicted octanol–water partition coefficient (Wildman–Crippen LogP) is 4.03. The van der Waals surface area contributed by atoms with E-state index in [0.717, 1.165) is 26.1 Å². The van der Waals surface area contributed by atoms with Crippen LogP contribution in [0.1, 0.15) is 25.7 Å². The van der Waals surface area contributed by atoms with E-state index >= 15 is 0 Å². The summed E-state index contributed by atoms with van der Waals surface area (Å²) in [6.07, 6.45) is 3.49. The molecule has 1 aromatic carbocycles. The van der Waals surface area contributed by atoms with Gasteiger partial charge in [0.25, 0.3) is 0 Å². The lowest BCUT2D eigenvalue weighted by Gasteiger charge is -2.32. The van der Waals surface area contributed by atoms with Crippen molar-refractivity contribution in [3.05, 3.63) is 28.2 Å². The van der Waals surface area contributed by atoms with Crippen molar-refractivity contribution in [2.45, 2.75) is 25.7 Å². The zero-order chi connectivity index (χ0) is 16.7. The van der Waals surface area contributed by atoms with Gasteiger partial charge in [0.1, 0.15) is 5.75 Å². The molecule has 4 nitrogen and oxygen atoms in total. The van der Waals surface area contributed by atoms with Crippen molar-refractivity contribution in [2.75, 3.05) is 33.3 Å². The second kappa shape index (κ2) is 11.0. The number of piperidine rings is 1. The second-order valence-electron chi connectivity index (χ2n) is 5.93. The Balaban J connectivity index is 0.00000288. The van der Waals surface area contributed by atoms with Crippen LogP contribution in [0.15, 0.2) is 18.2 Å². The van der Waals surface area contributed by atoms with Gasteiger partial charge in [-0.1, -0.05) is 23.2 Å². The van der Waals surface area contributed by atoms with Crippen LogP contribution < -0.4 is 10.1 Å². The van der Waals surface area contributed by atoms with Gasteiger partial charge in [0, 0.05) is 24.5 Å². The molecule has 1 atom stereocenters. The lowest BCUT2D eigenvalue weighted by molar-refractivity contribution is -0.133.